The smallest absolute Gasteiger partial charge is 0.243 e. The van der Waals surface area contributed by atoms with E-state index in [9.17, 15) is 14.9 Å². The summed E-state index contributed by atoms with van der Waals surface area (Å²) < 4.78 is 4.99. The van der Waals surface area contributed by atoms with Crippen LogP contribution >= 0.6 is 0 Å². The van der Waals surface area contributed by atoms with Gasteiger partial charge in [0.1, 0.15) is 5.41 Å². The summed E-state index contributed by atoms with van der Waals surface area (Å²) in [6, 6.07) is 2.18. The highest BCUT2D eigenvalue weighted by atomic mass is 16.5. The Hall–Kier alpha value is -1.61. The first-order valence-electron chi connectivity index (χ1n) is 6.86. The van der Waals surface area contributed by atoms with Crippen LogP contribution in [0.2, 0.25) is 0 Å². The molecule has 0 saturated heterocycles. The lowest BCUT2D eigenvalue weighted by molar-refractivity contribution is -0.144. The molecule has 0 N–H and O–H groups in total. The molecule has 0 aliphatic heterocycles. The monoisotopic (exact) mass is 281 g/mol. The number of carbonyl (C=O) groups is 2. The van der Waals surface area contributed by atoms with Crippen LogP contribution in [0.5, 0.6) is 0 Å². The van der Waals surface area contributed by atoms with E-state index >= 15 is 0 Å². The first kappa shape index (κ1) is 16.4. The summed E-state index contributed by atoms with van der Waals surface area (Å²) in [4.78, 5) is 27.4. The number of ether oxygens (including phenoxy) is 1. The van der Waals surface area contributed by atoms with E-state index in [1.807, 2.05) is 0 Å². The Kier molecular flexibility index (Phi) is 5.96. The van der Waals surface area contributed by atoms with Crippen molar-refractivity contribution in [2.45, 2.75) is 25.7 Å². The molecule has 0 heterocycles. The SMILES string of the molecule is COCCN(CC(=O)N(C)C)C(=O)C1(C#N)CCCC1. The van der Waals surface area contributed by atoms with E-state index < -0.39 is 5.41 Å². The van der Waals surface area contributed by atoms with E-state index in [2.05, 4.69) is 6.07 Å². The van der Waals surface area contributed by atoms with Gasteiger partial charge in [0.2, 0.25) is 11.8 Å². The highest BCUT2D eigenvalue weighted by molar-refractivity contribution is 5.89. The van der Waals surface area contributed by atoms with Gasteiger partial charge in [0.25, 0.3) is 0 Å². The number of methoxy groups -OCH3 is 1. The molecular weight excluding hydrogens is 258 g/mol. The van der Waals surface area contributed by atoms with Gasteiger partial charge in [-0.05, 0) is 12.8 Å². The van der Waals surface area contributed by atoms with Crippen molar-refractivity contribution < 1.29 is 14.3 Å². The number of nitrogens with zero attached hydrogens (tertiary/aromatic N) is 3. The fraction of sp³-hybridized carbons (Fsp3) is 0.786. The van der Waals surface area contributed by atoms with Crippen LogP contribution in [-0.4, -0.2) is 62.5 Å². The highest BCUT2D eigenvalue weighted by Crippen LogP contribution is 2.39. The number of rotatable bonds is 6. The molecule has 0 unspecified atom stereocenters. The lowest BCUT2D eigenvalue weighted by Gasteiger charge is -2.30. The molecule has 0 aromatic rings. The Morgan fingerprint density at radius 1 is 1.30 bits per heavy atom. The van der Waals surface area contributed by atoms with Gasteiger partial charge >= 0.3 is 0 Å². The molecule has 1 saturated carbocycles. The molecule has 0 aromatic heterocycles. The van der Waals surface area contributed by atoms with Crippen molar-refractivity contribution in [2.75, 3.05) is 40.9 Å². The van der Waals surface area contributed by atoms with Gasteiger partial charge in [-0.25, -0.2) is 0 Å². The zero-order valence-corrected chi connectivity index (χ0v) is 12.5. The second-order valence-corrected chi connectivity index (χ2v) is 5.41. The molecule has 1 aliphatic rings. The van der Waals surface area contributed by atoms with Crippen molar-refractivity contribution in [3.8, 4) is 6.07 Å². The average Bonchev–Trinajstić information content (AvgIpc) is 2.92. The minimum absolute atomic E-state index is 0.00137. The van der Waals surface area contributed by atoms with Crippen LogP contribution in [0.4, 0.5) is 0 Å². The summed E-state index contributed by atoms with van der Waals surface area (Å²) >= 11 is 0. The third-order valence-electron chi connectivity index (χ3n) is 3.76. The van der Waals surface area contributed by atoms with Gasteiger partial charge in [0.05, 0.1) is 19.2 Å². The topological polar surface area (TPSA) is 73.6 Å². The Morgan fingerprint density at radius 2 is 1.90 bits per heavy atom. The van der Waals surface area contributed by atoms with Gasteiger partial charge in [-0.3, -0.25) is 9.59 Å². The van der Waals surface area contributed by atoms with E-state index in [1.54, 1.807) is 21.2 Å². The first-order chi connectivity index (χ1) is 9.46. The number of likely N-dealkylation sites (N-methyl/N-ethyl adjacent to an activating group) is 1. The van der Waals surface area contributed by atoms with Gasteiger partial charge < -0.3 is 14.5 Å². The normalized spacial score (nSPS) is 16.5. The van der Waals surface area contributed by atoms with E-state index in [-0.39, 0.29) is 18.4 Å². The van der Waals surface area contributed by atoms with Crippen molar-refractivity contribution in [3.63, 3.8) is 0 Å². The van der Waals surface area contributed by atoms with Crippen LogP contribution in [0.3, 0.4) is 0 Å². The predicted molar refractivity (Wildman–Crippen MR) is 73.7 cm³/mol. The number of hydrogen-bond acceptors (Lipinski definition) is 4. The third-order valence-corrected chi connectivity index (χ3v) is 3.76. The van der Waals surface area contributed by atoms with Gasteiger partial charge in [0.15, 0.2) is 0 Å². The number of amides is 2. The van der Waals surface area contributed by atoms with Crippen LogP contribution in [0.15, 0.2) is 0 Å². The molecule has 0 spiro atoms. The molecule has 2 amide bonds. The fourth-order valence-corrected chi connectivity index (χ4v) is 2.41. The number of nitriles is 1. The van der Waals surface area contributed by atoms with Gasteiger partial charge in [-0.2, -0.15) is 5.26 Å². The summed E-state index contributed by atoms with van der Waals surface area (Å²) in [6.45, 7) is 0.685. The first-order valence-corrected chi connectivity index (χ1v) is 6.86. The molecule has 0 bridgehead atoms. The molecular formula is C14H23N3O3. The summed E-state index contributed by atoms with van der Waals surface area (Å²) in [6.07, 6.45) is 2.95. The standard InChI is InChI=1S/C14H23N3O3/c1-16(2)12(18)10-17(8-9-20-3)13(19)14(11-15)6-4-5-7-14/h4-10H2,1-3H3. The van der Waals surface area contributed by atoms with E-state index in [1.165, 1.54) is 9.80 Å². The fourth-order valence-electron chi connectivity index (χ4n) is 2.41. The van der Waals surface area contributed by atoms with Crippen molar-refractivity contribution in [2.24, 2.45) is 5.41 Å². The molecule has 112 valence electrons. The zero-order valence-electron chi connectivity index (χ0n) is 12.5. The summed E-state index contributed by atoms with van der Waals surface area (Å²) in [5.41, 5.74) is -0.944. The molecule has 6 nitrogen and oxygen atoms in total. The van der Waals surface area contributed by atoms with Crippen molar-refractivity contribution in [1.82, 2.24) is 9.80 Å². The van der Waals surface area contributed by atoms with Crippen LogP contribution in [0, 0.1) is 16.7 Å². The molecule has 1 rings (SSSR count). The summed E-state index contributed by atoms with van der Waals surface area (Å²) in [5, 5.41) is 9.38. The molecule has 1 fully saturated rings. The van der Waals surface area contributed by atoms with Crippen LogP contribution in [0.1, 0.15) is 25.7 Å². The van der Waals surface area contributed by atoms with Crippen LogP contribution in [0.25, 0.3) is 0 Å². The maximum absolute atomic E-state index is 12.6. The van der Waals surface area contributed by atoms with Gasteiger partial charge in [-0.1, -0.05) is 12.8 Å². The maximum atomic E-state index is 12.6. The molecule has 0 radical (unpaired) electrons. The lowest BCUT2D eigenvalue weighted by Crippen LogP contribution is -2.47. The summed E-state index contributed by atoms with van der Waals surface area (Å²) in [7, 11) is 4.85. The zero-order chi connectivity index (χ0) is 15.2. The van der Waals surface area contributed by atoms with Crippen molar-refractivity contribution in [3.05, 3.63) is 0 Å². The van der Waals surface area contributed by atoms with E-state index in [0.29, 0.717) is 26.0 Å². The van der Waals surface area contributed by atoms with Crippen LogP contribution in [-0.2, 0) is 14.3 Å². The predicted octanol–water partition coefficient (Wildman–Crippen LogP) is 0.634. The maximum Gasteiger partial charge on any atom is 0.243 e. The van der Waals surface area contributed by atoms with Gasteiger partial charge in [-0.15, -0.1) is 0 Å². The Morgan fingerprint density at radius 3 is 2.35 bits per heavy atom. The molecule has 1 aliphatic carbocycles. The lowest BCUT2D eigenvalue weighted by atomic mass is 9.86. The minimum atomic E-state index is -0.944. The quantitative estimate of drug-likeness (QED) is 0.716. The van der Waals surface area contributed by atoms with Gasteiger partial charge in [0, 0.05) is 27.7 Å². The molecule has 0 atom stereocenters. The number of hydrogen-bond donors (Lipinski definition) is 0. The van der Waals surface area contributed by atoms with Crippen molar-refractivity contribution in [1.29, 1.82) is 5.26 Å². The summed E-state index contributed by atoms with van der Waals surface area (Å²) in [5.74, 6) is -0.384. The Bertz CT molecular complexity index is 395. The minimum Gasteiger partial charge on any atom is -0.383 e. The number of carbonyl (C=O) groups excluding carboxylic acids is 2. The third kappa shape index (κ3) is 3.70. The van der Waals surface area contributed by atoms with Crippen molar-refractivity contribution >= 4 is 11.8 Å². The van der Waals surface area contributed by atoms with E-state index in [0.717, 1.165) is 12.8 Å². The molecule has 0 aromatic carbocycles. The second kappa shape index (κ2) is 7.25. The van der Waals surface area contributed by atoms with E-state index in [4.69, 9.17) is 4.74 Å². The molecule has 20 heavy (non-hydrogen) atoms. The Balaban J connectivity index is 2.83. The average molecular weight is 281 g/mol. The molecule has 6 heteroatoms. The van der Waals surface area contributed by atoms with Crippen LogP contribution < -0.4 is 0 Å². The highest BCUT2D eigenvalue weighted by Gasteiger charge is 2.44. The Labute approximate surface area is 120 Å². The second-order valence-electron chi connectivity index (χ2n) is 5.41. The largest absolute Gasteiger partial charge is 0.383 e.